The van der Waals surface area contributed by atoms with Gasteiger partial charge in [-0.15, -0.1) is 0 Å². The molecule has 0 fully saturated rings. The number of ether oxygens (including phenoxy) is 1. The summed E-state index contributed by atoms with van der Waals surface area (Å²) in [4.78, 5) is 0. The molecule has 4 heteroatoms. The largest absolute Gasteiger partial charge is 0.484 e. The minimum atomic E-state index is -4.30. The second kappa shape index (κ2) is 7.89. The van der Waals surface area contributed by atoms with Gasteiger partial charge in [-0.1, -0.05) is 45.7 Å². The summed E-state index contributed by atoms with van der Waals surface area (Å²) in [6.07, 6.45) is -0.866. The molecule has 1 nitrogen and oxygen atoms in total. The minimum Gasteiger partial charge on any atom is -0.484 e. The molecular weight excluding hydrogens is 289 g/mol. The van der Waals surface area contributed by atoms with E-state index in [1.807, 2.05) is 26.0 Å². The van der Waals surface area contributed by atoms with E-state index < -0.39 is 12.8 Å². The zero-order chi connectivity index (χ0) is 16.9. The lowest BCUT2D eigenvalue weighted by Crippen LogP contribution is -2.20. The summed E-state index contributed by atoms with van der Waals surface area (Å²) in [5, 5.41) is 0. The maximum absolute atomic E-state index is 12.3. The van der Waals surface area contributed by atoms with Gasteiger partial charge in [0.2, 0.25) is 0 Å². The van der Waals surface area contributed by atoms with E-state index >= 15 is 0 Å². The van der Waals surface area contributed by atoms with Crippen LogP contribution in [0.4, 0.5) is 13.2 Å². The van der Waals surface area contributed by atoms with E-state index in [0.29, 0.717) is 17.6 Å². The molecule has 0 N–H and O–H groups in total. The van der Waals surface area contributed by atoms with Crippen molar-refractivity contribution in [3.8, 4) is 5.75 Å². The van der Waals surface area contributed by atoms with Crippen molar-refractivity contribution in [3.05, 3.63) is 28.8 Å². The van der Waals surface area contributed by atoms with Crippen molar-refractivity contribution in [2.24, 2.45) is 5.92 Å². The van der Waals surface area contributed by atoms with Gasteiger partial charge in [0.25, 0.3) is 0 Å². The van der Waals surface area contributed by atoms with Gasteiger partial charge < -0.3 is 4.74 Å². The minimum absolute atomic E-state index is 0.357. The summed E-state index contributed by atoms with van der Waals surface area (Å²) in [6.45, 7) is 8.99. The molecule has 0 aliphatic rings. The number of hydrogen-bond donors (Lipinski definition) is 0. The Bertz CT molecular complexity index is 457. The molecular formula is C18H27F3O. The first-order valence-corrected chi connectivity index (χ1v) is 7.94. The van der Waals surface area contributed by atoms with Gasteiger partial charge in [0.15, 0.2) is 6.61 Å². The summed E-state index contributed by atoms with van der Waals surface area (Å²) in [5.41, 5.74) is 2.72. The number of hydrogen-bond acceptors (Lipinski definition) is 1. The third kappa shape index (κ3) is 5.90. The highest BCUT2D eigenvalue weighted by Crippen LogP contribution is 2.32. The molecule has 2 atom stereocenters. The van der Waals surface area contributed by atoms with E-state index in [0.717, 1.165) is 17.5 Å². The number of rotatable bonds is 7. The average Bonchev–Trinajstić information content (AvgIpc) is 2.41. The van der Waals surface area contributed by atoms with Crippen molar-refractivity contribution in [3.63, 3.8) is 0 Å². The molecule has 0 spiro atoms. The third-order valence-corrected chi connectivity index (χ3v) is 4.22. The Balaban J connectivity index is 2.80. The predicted molar refractivity (Wildman–Crippen MR) is 84.6 cm³/mol. The summed E-state index contributed by atoms with van der Waals surface area (Å²) >= 11 is 0. The van der Waals surface area contributed by atoms with Gasteiger partial charge >= 0.3 is 6.18 Å². The second-order valence-corrected chi connectivity index (χ2v) is 6.38. The maximum Gasteiger partial charge on any atom is 0.422 e. The second-order valence-electron chi connectivity index (χ2n) is 6.38. The first kappa shape index (κ1) is 18.9. The SMILES string of the molecule is CCC(C)CCC(C)c1cc(C)c(OCC(F)(F)F)c(C)c1. The number of benzene rings is 1. The Hall–Kier alpha value is -1.19. The number of halogens is 3. The molecule has 2 unspecified atom stereocenters. The average molecular weight is 316 g/mol. The molecule has 1 aromatic rings. The highest BCUT2D eigenvalue weighted by Gasteiger charge is 2.29. The highest BCUT2D eigenvalue weighted by atomic mass is 19.4. The fourth-order valence-corrected chi connectivity index (χ4v) is 2.56. The van der Waals surface area contributed by atoms with Crippen molar-refractivity contribution < 1.29 is 17.9 Å². The molecule has 0 heterocycles. The Morgan fingerprint density at radius 2 is 1.59 bits per heavy atom. The van der Waals surface area contributed by atoms with Crippen LogP contribution in [0.3, 0.4) is 0 Å². The molecule has 126 valence electrons. The monoisotopic (exact) mass is 316 g/mol. The number of alkyl halides is 3. The van der Waals surface area contributed by atoms with Crippen molar-refractivity contribution in [2.45, 2.75) is 66.0 Å². The van der Waals surface area contributed by atoms with Crippen LogP contribution in [0.25, 0.3) is 0 Å². The molecule has 22 heavy (non-hydrogen) atoms. The molecule has 1 rings (SSSR count). The van der Waals surface area contributed by atoms with E-state index in [1.165, 1.54) is 18.4 Å². The van der Waals surface area contributed by atoms with Crippen molar-refractivity contribution in [2.75, 3.05) is 6.61 Å². The normalized spacial score (nSPS) is 14.7. The first-order chi connectivity index (χ1) is 10.1. The van der Waals surface area contributed by atoms with E-state index in [2.05, 4.69) is 20.8 Å². The van der Waals surface area contributed by atoms with Crippen LogP contribution in [0.2, 0.25) is 0 Å². The van der Waals surface area contributed by atoms with Gasteiger partial charge in [0, 0.05) is 0 Å². The highest BCUT2D eigenvalue weighted by molar-refractivity contribution is 5.44. The van der Waals surface area contributed by atoms with Crippen LogP contribution in [-0.2, 0) is 0 Å². The Morgan fingerprint density at radius 3 is 2.05 bits per heavy atom. The van der Waals surface area contributed by atoms with Gasteiger partial charge in [-0.3, -0.25) is 0 Å². The molecule has 0 saturated carbocycles. The van der Waals surface area contributed by atoms with Gasteiger partial charge in [0.1, 0.15) is 5.75 Å². The van der Waals surface area contributed by atoms with Crippen LogP contribution in [0, 0.1) is 19.8 Å². The van der Waals surface area contributed by atoms with Crippen LogP contribution in [-0.4, -0.2) is 12.8 Å². The Labute approximate surface area is 131 Å². The van der Waals surface area contributed by atoms with Gasteiger partial charge in [-0.05, 0) is 48.8 Å². The topological polar surface area (TPSA) is 9.23 Å². The Kier molecular flexibility index (Phi) is 6.76. The van der Waals surface area contributed by atoms with E-state index in [4.69, 9.17) is 4.74 Å². The van der Waals surface area contributed by atoms with Crippen molar-refractivity contribution in [1.82, 2.24) is 0 Å². The lowest BCUT2D eigenvalue weighted by Gasteiger charge is -2.19. The van der Waals surface area contributed by atoms with Crippen LogP contribution in [0.1, 0.15) is 62.6 Å². The zero-order valence-corrected chi connectivity index (χ0v) is 14.2. The lowest BCUT2D eigenvalue weighted by molar-refractivity contribution is -0.153. The van der Waals surface area contributed by atoms with Crippen LogP contribution < -0.4 is 4.74 Å². The molecule has 0 aromatic heterocycles. The fraction of sp³-hybridized carbons (Fsp3) is 0.667. The zero-order valence-electron chi connectivity index (χ0n) is 14.2. The number of aryl methyl sites for hydroxylation is 2. The molecule has 0 radical (unpaired) electrons. The van der Waals surface area contributed by atoms with Crippen LogP contribution in [0.15, 0.2) is 12.1 Å². The van der Waals surface area contributed by atoms with Crippen molar-refractivity contribution in [1.29, 1.82) is 0 Å². The van der Waals surface area contributed by atoms with Crippen LogP contribution in [0.5, 0.6) is 5.75 Å². The third-order valence-electron chi connectivity index (χ3n) is 4.22. The Morgan fingerprint density at radius 1 is 1.05 bits per heavy atom. The smallest absolute Gasteiger partial charge is 0.422 e. The molecule has 0 aliphatic heterocycles. The summed E-state index contributed by atoms with van der Waals surface area (Å²) in [6, 6.07) is 3.92. The molecule has 1 aromatic carbocycles. The van der Waals surface area contributed by atoms with E-state index in [1.54, 1.807) is 0 Å². The quantitative estimate of drug-likeness (QED) is 0.584. The van der Waals surface area contributed by atoms with Gasteiger partial charge in [-0.25, -0.2) is 0 Å². The van der Waals surface area contributed by atoms with Crippen LogP contribution >= 0.6 is 0 Å². The lowest BCUT2D eigenvalue weighted by atomic mass is 9.89. The molecule has 0 bridgehead atoms. The molecule has 0 amide bonds. The summed E-state index contributed by atoms with van der Waals surface area (Å²) in [5.74, 6) is 1.47. The van der Waals surface area contributed by atoms with Gasteiger partial charge in [0.05, 0.1) is 0 Å². The summed E-state index contributed by atoms with van der Waals surface area (Å²) < 4.78 is 41.8. The predicted octanol–water partition coefficient (Wildman–Crippen LogP) is 6.17. The molecule has 0 aliphatic carbocycles. The maximum atomic E-state index is 12.3. The fourth-order valence-electron chi connectivity index (χ4n) is 2.56. The van der Waals surface area contributed by atoms with E-state index in [-0.39, 0.29) is 0 Å². The van der Waals surface area contributed by atoms with Gasteiger partial charge in [-0.2, -0.15) is 13.2 Å². The van der Waals surface area contributed by atoms with E-state index in [9.17, 15) is 13.2 Å². The standard InChI is InChI=1S/C18H27F3O/c1-6-12(2)7-8-13(3)16-9-14(4)17(15(5)10-16)22-11-18(19,20)21/h9-10,12-13H,6-8,11H2,1-5H3. The molecule has 0 saturated heterocycles. The summed E-state index contributed by atoms with van der Waals surface area (Å²) in [7, 11) is 0. The first-order valence-electron chi connectivity index (χ1n) is 7.94. The van der Waals surface area contributed by atoms with Crippen molar-refractivity contribution >= 4 is 0 Å².